The third-order valence-electron chi connectivity index (χ3n) is 4.18. The molecule has 0 radical (unpaired) electrons. The van der Waals surface area contributed by atoms with Gasteiger partial charge in [-0.15, -0.1) is 36.2 Å². The van der Waals surface area contributed by atoms with Crippen LogP contribution in [0.4, 0.5) is 0 Å². The van der Waals surface area contributed by atoms with Crippen LogP contribution < -0.4 is 5.32 Å². The zero-order valence-electron chi connectivity index (χ0n) is 14.6. The van der Waals surface area contributed by atoms with Crippen molar-refractivity contribution in [2.24, 2.45) is 0 Å². The van der Waals surface area contributed by atoms with Gasteiger partial charge in [-0.2, -0.15) is 5.10 Å². The summed E-state index contributed by atoms with van der Waals surface area (Å²) < 4.78 is 2.12. The predicted molar refractivity (Wildman–Crippen MR) is 111 cm³/mol. The first-order valence-corrected chi connectivity index (χ1v) is 9.10. The number of nitrogens with one attached hydrogen (secondary N) is 1. The van der Waals surface area contributed by atoms with E-state index in [2.05, 4.69) is 57.7 Å². The molecule has 0 atom stereocenters. The Morgan fingerprint density at radius 2 is 2.00 bits per heavy atom. The lowest BCUT2D eigenvalue weighted by atomic mass is 10.2. The molecular weight excluding hydrogens is 389 g/mol. The maximum Gasteiger partial charge on any atom is 0.107 e. The van der Waals surface area contributed by atoms with Crippen LogP contribution in [0.15, 0.2) is 41.8 Å². The van der Waals surface area contributed by atoms with Crippen LogP contribution in [-0.4, -0.2) is 33.3 Å². The van der Waals surface area contributed by atoms with Crippen LogP contribution in [-0.2, 0) is 26.2 Å². The molecule has 0 fully saturated rings. The van der Waals surface area contributed by atoms with Gasteiger partial charge >= 0.3 is 0 Å². The van der Waals surface area contributed by atoms with Crippen molar-refractivity contribution in [3.05, 3.63) is 58.2 Å². The van der Waals surface area contributed by atoms with E-state index in [9.17, 15) is 0 Å². The Kier molecular flexibility index (Phi) is 7.61. The summed E-state index contributed by atoms with van der Waals surface area (Å²) in [6, 6.07) is 12.6. The molecule has 140 valence electrons. The van der Waals surface area contributed by atoms with Crippen LogP contribution in [0.25, 0.3) is 11.3 Å². The van der Waals surface area contributed by atoms with Gasteiger partial charge in [0.05, 0.1) is 30.2 Å². The van der Waals surface area contributed by atoms with E-state index in [4.69, 9.17) is 10.1 Å². The molecule has 0 bridgehead atoms. The Morgan fingerprint density at radius 1 is 1.19 bits per heavy atom. The Bertz CT molecular complexity index is 795. The minimum absolute atomic E-state index is 0. The van der Waals surface area contributed by atoms with Gasteiger partial charge in [0.25, 0.3) is 0 Å². The van der Waals surface area contributed by atoms with E-state index in [-0.39, 0.29) is 24.8 Å². The maximum absolute atomic E-state index is 4.77. The predicted octanol–water partition coefficient (Wildman–Crippen LogP) is 3.59. The minimum Gasteiger partial charge on any atom is -0.309 e. The van der Waals surface area contributed by atoms with Crippen LogP contribution >= 0.6 is 36.2 Å². The lowest BCUT2D eigenvalue weighted by molar-refractivity contribution is 0.312. The van der Waals surface area contributed by atoms with E-state index in [0.29, 0.717) is 0 Å². The van der Waals surface area contributed by atoms with Gasteiger partial charge in [-0.1, -0.05) is 30.3 Å². The molecule has 3 heterocycles. The molecule has 26 heavy (non-hydrogen) atoms. The highest BCUT2D eigenvalue weighted by molar-refractivity contribution is 7.09. The molecule has 0 aliphatic carbocycles. The van der Waals surface area contributed by atoms with Crippen molar-refractivity contribution in [2.45, 2.75) is 26.2 Å². The molecule has 8 heteroatoms. The van der Waals surface area contributed by atoms with E-state index < -0.39 is 0 Å². The molecule has 5 nitrogen and oxygen atoms in total. The first kappa shape index (κ1) is 20.9. The number of aromatic nitrogens is 3. The van der Waals surface area contributed by atoms with E-state index in [1.165, 1.54) is 11.3 Å². The highest BCUT2D eigenvalue weighted by atomic mass is 35.5. The number of fused-ring (bicyclic) bond motifs is 1. The summed E-state index contributed by atoms with van der Waals surface area (Å²) in [5.41, 5.74) is 4.66. The third kappa shape index (κ3) is 4.84. The first-order valence-electron chi connectivity index (χ1n) is 8.22. The number of halogens is 2. The van der Waals surface area contributed by atoms with Crippen LogP contribution in [0.5, 0.6) is 0 Å². The van der Waals surface area contributed by atoms with Crippen molar-refractivity contribution in [3.8, 4) is 11.3 Å². The molecule has 1 aliphatic rings. The van der Waals surface area contributed by atoms with Crippen LogP contribution in [0.2, 0.25) is 0 Å². The summed E-state index contributed by atoms with van der Waals surface area (Å²) in [7, 11) is 2.13. The fraction of sp³-hybridized carbons (Fsp3) is 0.333. The fourth-order valence-electron chi connectivity index (χ4n) is 3.02. The van der Waals surface area contributed by atoms with Crippen molar-refractivity contribution >= 4 is 36.2 Å². The molecule has 0 saturated heterocycles. The van der Waals surface area contributed by atoms with Crippen molar-refractivity contribution < 1.29 is 0 Å². The second-order valence-electron chi connectivity index (χ2n) is 6.19. The molecule has 0 unspecified atom stereocenters. The maximum atomic E-state index is 4.77. The van der Waals surface area contributed by atoms with E-state index in [1.807, 2.05) is 6.07 Å². The largest absolute Gasteiger partial charge is 0.309 e. The average molecular weight is 412 g/mol. The standard InChI is InChI=1S/C18H21N5S.2ClH/c1-22(11-15-9-16-10-19-7-8-23(16)21-15)12-18-20-17(13-24-18)14-5-3-2-4-6-14;;/h2-6,9,13,19H,7-8,10-12H2,1H3;2*1H. The topological polar surface area (TPSA) is 46.0 Å². The second-order valence-corrected chi connectivity index (χ2v) is 7.13. The number of hydrogen-bond acceptors (Lipinski definition) is 5. The van der Waals surface area contributed by atoms with Crippen LogP contribution in [0, 0.1) is 0 Å². The number of nitrogens with zero attached hydrogens (tertiary/aromatic N) is 4. The lowest BCUT2D eigenvalue weighted by Crippen LogP contribution is -2.28. The Labute approximate surface area is 170 Å². The Hall–Kier alpha value is -1.44. The van der Waals surface area contributed by atoms with Gasteiger partial charge < -0.3 is 5.32 Å². The molecule has 4 rings (SSSR count). The highest BCUT2D eigenvalue weighted by Crippen LogP contribution is 2.22. The molecule has 0 spiro atoms. The van der Waals surface area contributed by atoms with Gasteiger partial charge in [-0.25, -0.2) is 4.98 Å². The number of hydrogen-bond donors (Lipinski definition) is 1. The Morgan fingerprint density at radius 3 is 2.77 bits per heavy atom. The number of rotatable bonds is 5. The molecular formula is C18H23Cl2N5S. The van der Waals surface area contributed by atoms with Gasteiger partial charge in [0.1, 0.15) is 5.01 Å². The van der Waals surface area contributed by atoms with Crippen molar-refractivity contribution in [1.29, 1.82) is 0 Å². The van der Waals surface area contributed by atoms with Crippen molar-refractivity contribution in [1.82, 2.24) is 25.0 Å². The van der Waals surface area contributed by atoms with Crippen LogP contribution in [0.1, 0.15) is 16.4 Å². The van der Waals surface area contributed by atoms with Gasteiger partial charge in [0.15, 0.2) is 0 Å². The summed E-state index contributed by atoms with van der Waals surface area (Å²) >= 11 is 1.72. The number of thiazole rings is 1. The molecule has 1 aromatic carbocycles. The molecule has 0 saturated carbocycles. The monoisotopic (exact) mass is 411 g/mol. The minimum atomic E-state index is 0. The van der Waals surface area contributed by atoms with E-state index in [1.54, 1.807) is 11.3 Å². The second kappa shape index (κ2) is 9.48. The zero-order valence-corrected chi connectivity index (χ0v) is 17.0. The van der Waals surface area contributed by atoms with Crippen molar-refractivity contribution in [3.63, 3.8) is 0 Å². The van der Waals surface area contributed by atoms with Crippen molar-refractivity contribution in [2.75, 3.05) is 13.6 Å². The molecule has 3 aromatic rings. The summed E-state index contributed by atoms with van der Waals surface area (Å²) in [6.07, 6.45) is 0. The summed E-state index contributed by atoms with van der Waals surface area (Å²) in [5.74, 6) is 0. The van der Waals surface area contributed by atoms with E-state index in [0.717, 1.165) is 49.1 Å². The molecule has 0 amide bonds. The SMILES string of the molecule is CN(Cc1cc2n(n1)CCNC2)Cc1nc(-c2ccccc2)cs1.Cl.Cl. The molecule has 1 aliphatic heterocycles. The highest BCUT2D eigenvalue weighted by Gasteiger charge is 2.13. The average Bonchev–Trinajstić information content (AvgIpc) is 3.21. The van der Waals surface area contributed by atoms with Gasteiger partial charge in [0, 0.05) is 30.6 Å². The normalized spacial score (nSPS) is 13.0. The van der Waals surface area contributed by atoms with Gasteiger partial charge in [0.2, 0.25) is 0 Å². The van der Waals surface area contributed by atoms with Gasteiger partial charge in [-0.05, 0) is 13.1 Å². The first-order chi connectivity index (χ1) is 11.8. The summed E-state index contributed by atoms with van der Waals surface area (Å²) in [5, 5.41) is 11.4. The third-order valence-corrected chi connectivity index (χ3v) is 5.01. The molecule has 2 aromatic heterocycles. The number of benzene rings is 1. The summed E-state index contributed by atoms with van der Waals surface area (Å²) in [4.78, 5) is 7.04. The summed E-state index contributed by atoms with van der Waals surface area (Å²) in [6.45, 7) is 4.58. The lowest BCUT2D eigenvalue weighted by Gasteiger charge is -2.14. The fourth-order valence-corrected chi connectivity index (χ4v) is 3.90. The quantitative estimate of drug-likeness (QED) is 0.696. The smallest absolute Gasteiger partial charge is 0.107 e. The Balaban J connectivity index is 0.00000121. The van der Waals surface area contributed by atoms with E-state index >= 15 is 0 Å². The van der Waals surface area contributed by atoms with Crippen LogP contribution in [0.3, 0.4) is 0 Å². The molecule has 1 N–H and O–H groups in total. The zero-order chi connectivity index (χ0) is 16.4. The van der Waals surface area contributed by atoms with Gasteiger partial charge in [-0.3, -0.25) is 9.58 Å².